The van der Waals surface area contributed by atoms with Gasteiger partial charge in [-0.15, -0.1) is 0 Å². The summed E-state index contributed by atoms with van der Waals surface area (Å²) in [4.78, 5) is 44.3. The minimum atomic E-state index is -3.98. The maximum atomic E-state index is 14.8. The van der Waals surface area contributed by atoms with Gasteiger partial charge >= 0.3 is 10.2 Å². The van der Waals surface area contributed by atoms with Crippen molar-refractivity contribution in [2.45, 2.75) is 63.8 Å². The van der Waals surface area contributed by atoms with Crippen molar-refractivity contribution in [3.8, 4) is 17.0 Å². The Kier molecular flexibility index (Phi) is 7.64. The first-order chi connectivity index (χ1) is 23.4. The molecule has 11 nitrogen and oxygen atoms in total. The van der Waals surface area contributed by atoms with Gasteiger partial charge in [-0.05, 0) is 66.6 Å². The van der Waals surface area contributed by atoms with Crippen LogP contribution in [0.4, 0.5) is 0 Å². The summed E-state index contributed by atoms with van der Waals surface area (Å²) in [7, 11) is 0.444. The Morgan fingerprint density at radius 2 is 1.63 bits per heavy atom. The predicted molar refractivity (Wildman–Crippen MR) is 185 cm³/mol. The van der Waals surface area contributed by atoms with Gasteiger partial charge in [0.2, 0.25) is 11.8 Å². The number of carbonyl (C=O) groups is 3. The summed E-state index contributed by atoms with van der Waals surface area (Å²) in [5, 5.41) is 1.05. The van der Waals surface area contributed by atoms with E-state index in [2.05, 4.69) is 26.3 Å². The van der Waals surface area contributed by atoms with Gasteiger partial charge in [-0.3, -0.25) is 14.4 Å². The number of benzene rings is 2. The van der Waals surface area contributed by atoms with Gasteiger partial charge < -0.3 is 19.1 Å². The molecule has 2 saturated heterocycles. The molecule has 4 unspecified atom stereocenters. The zero-order chi connectivity index (χ0) is 34.4. The van der Waals surface area contributed by atoms with Crippen LogP contribution >= 0.6 is 0 Å². The molecule has 0 bridgehead atoms. The Labute approximate surface area is 287 Å². The molecule has 3 amide bonds. The van der Waals surface area contributed by atoms with Crippen molar-refractivity contribution in [2.24, 2.45) is 17.3 Å². The van der Waals surface area contributed by atoms with Crippen molar-refractivity contribution in [1.29, 1.82) is 0 Å². The summed E-state index contributed by atoms with van der Waals surface area (Å²) in [6.45, 7) is 4.80. The highest BCUT2D eigenvalue weighted by Gasteiger charge is 2.64. The molecule has 2 aliphatic carbocycles. The molecule has 1 N–H and O–H groups in total. The number of rotatable bonds is 6. The molecule has 49 heavy (non-hydrogen) atoms. The lowest BCUT2D eigenvalue weighted by Gasteiger charge is -2.27. The van der Waals surface area contributed by atoms with Gasteiger partial charge in [0.25, 0.3) is 5.91 Å². The summed E-state index contributed by atoms with van der Waals surface area (Å²) < 4.78 is 36.3. The second-order valence-electron chi connectivity index (χ2n) is 15.2. The number of nitrogens with zero attached hydrogens (tertiary/aromatic N) is 4. The van der Waals surface area contributed by atoms with Gasteiger partial charge in [-0.2, -0.15) is 12.7 Å². The van der Waals surface area contributed by atoms with E-state index in [1.54, 1.807) is 20.1 Å². The Morgan fingerprint density at radius 1 is 0.939 bits per heavy atom. The molecule has 3 aromatic rings. The van der Waals surface area contributed by atoms with Gasteiger partial charge in [0.15, 0.2) is 0 Å². The number of likely N-dealkylation sites (tertiary alicyclic amines) is 2. The molecular formula is C37H45N5O6S. The topological polar surface area (TPSA) is 121 Å². The number of hydrogen-bond donors (Lipinski definition) is 1. The van der Waals surface area contributed by atoms with Crippen LogP contribution in [0.5, 0.6) is 5.75 Å². The summed E-state index contributed by atoms with van der Waals surface area (Å²) in [6.07, 6.45) is 6.38. The van der Waals surface area contributed by atoms with Crippen molar-refractivity contribution in [1.82, 2.24) is 23.4 Å². The maximum Gasteiger partial charge on any atom is 0.303 e. The lowest BCUT2D eigenvalue weighted by molar-refractivity contribution is -0.137. The molecule has 12 heteroatoms. The number of nitrogens with one attached hydrogen (secondary N) is 1. The van der Waals surface area contributed by atoms with E-state index in [-0.39, 0.29) is 23.3 Å². The highest BCUT2D eigenvalue weighted by atomic mass is 32.2. The van der Waals surface area contributed by atoms with E-state index < -0.39 is 21.5 Å². The lowest BCUT2D eigenvalue weighted by atomic mass is 9.81. The number of ether oxygens (including phenoxy) is 1. The van der Waals surface area contributed by atoms with Gasteiger partial charge in [-0.1, -0.05) is 25.3 Å². The van der Waals surface area contributed by atoms with Crippen molar-refractivity contribution in [3.63, 3.8) is 0 Å². The Bertz CT molecular complexity index is 1980. The predicted octanol–water partition coefficient (Wildman–Crippen LogP) is 4.32. The number of fused-ring (bicyclic) bond motifs is 8. The summed E-state index contributed by atoms with van der Waals surface area (Å²) in [5.74, 6) is 1.26. The van der Waals surface area contributed by atoms with Crippen LogP contribution in [-0.4, -0.2) is 92.2 Å². The van der Waals surface area contributed by atoms with Crippen molar-refractivity contribution in [3.05, 3.63) is 53.1 Å². The standard InChI is InChI=1S/C37H45N5O6S/c1-22(43)40-17-25-19-41(20-26(25)18-40)36(45)37-16-31(37)30-15-27(48-4)11-13-28(30)34-33(23-8-6-5-7-9-23)29-12-10-24(14-32(29)42(34)21-37)35(44)38-49(46,47)39(2)3/h10-15,23,25-26,31H,5-9,16-21H2,1-4H3,(H,38,44). The largest absolute Gasteiger partial charge is 0.497 e. The monoisotopic (exact) mass is 687 g/mol. The molecule has 1 aromatic heterocycles. The van der Waals surface area contributed by atoms with E-state index in [1.165, 1.54) is 26.1 Å². The first-order valence-corrected chi connectivity index (χ1v) is 19.0. The number of carbonyl (C=O) groups excluding carboxylic acids is 3. The first kappa shape index (κ1) is 32.3. The van der Waals surface area contributed by atoms with Crippen LogP contribution in [-0.2, 0) is 26.3 Å². The molecule has 4 atom stereocenters. The average molecular weight is 688 g/mol. The van der Waals surface area contributed by atoms with E-state index in [9.17, 15) is 22.8 Å². The molecule has 2 saturated carbocycles. The quantitative estimate of drug-likeness (QED) is 0.412. The molecular weight excluding hydrogens is 643 g/mol. The molecule has 2 aromatic carbocycles. The second-order valence-corrected chi connectivity index (χ2v) is 17.0. The zero-order valence-electron chi connectivity index (χ0n) is 28.7. The summed E-state index contributed by atoms with van der Waals surface area (Å²) in [6, 6.07) is 11.8. The van der Waals surface area contributed by atoms with E-state index in [1.807, 2.05) is 23.1 Å². The molecule has 4 heterocycles. The minimum absolute atomic E-state index is 0.0186. The Balaban J connectivity index is 1.26. The maximum absolute atomic E-state index is 14.8. The third-order valence-corrected chi connectivity index (χ3v) is 13.5. The fraction of sp³-hybridized carbons (Fsp3) is 0.541. The molecule has 4 fully saturated rings. The highest BCUT2D eigenvalue weighted by Crippen LogP contribution is 2.66. The van der Waals surface area contributed by atoms with Crippen molar-refractivity contribution >= 4 is 38.8 Å². The SMILES string of the molecule is COc1ccc2c(c1)C1CC1(C(=O)N1CC3CN(C(C)=O)CC3C1)Cn1c-2c(C2CCCCC2)c2ccc(C(=O)NS(=O)(=O)N(C)C)cc21. The van der Waals surface area contributed by atoms with Crippen LogP contribution in [0.1, 0.15) is 78.8 Å². The molecule has 0 radical (unpaired) electrons. The Hall–Kier alpha value is -3.90. The van der Waals surface area contributed by atoms with Crippen LogP contribution in [0.25, 0.3) is 22.2 Å². The first-order valence-electron chi connectivity index (χ1n) is 17.6. The third kappa shape index (κ3) is 5.16. The number of amides is 3. The van der Waals surface area contributed by atoms with Gasteiger partial charge in [-0.25, -0.2) is 4.72 Å². The van der Waals surface area contributed by atoms with Gasteiger partial charge in [0.05, 0.1) is 18.2 Å². The molecule has 3 aliphatic heterocycles. The minimum Gasteiger partial charge on any atom is -0.497 e. The molecule has 8 rings (SSSR count). The lowest BCUT2D eigenvalue weighted by Crippen LogP contribution is -2.40. The van der Waals surface area contributed by atoms with E-state index in [0.717, 1.165) is 69.9 Å². The molecule has 260 valence electrons. The second kappa shape index (κ2) is 11.6. The van der Waals surface area contributed by atoms with E-state index >= 15 is 0 Å². The fourth-order valence-corrected chi connectivity index (χ4v) is 9.96. The normalized spacial score (nSPS) is 26.2. The molecule has 5 aliphatic rings. The zero-order valence-corrected chi connectivity index (χ0v) is 29.5. The van der Waals surface area contributed by atoms with Crippen LogP contribution < -0.4 is 9.46 Å². The number of aromatic nitrogens is 1. The third-order valence-electron chi connectivity index (χ3n) is 12.1. The van der Waals surface area contributed by atoms with Gasteiger partial charge in [0.1, 0.15) is 5.75 Å². The van der Waals surface area contributed by atoms with Crippen molar-refractivity contribution in [2.75, 3.05) is 47.4 Å². The number of methoxy groups -OCH3 is 1. The van der Waals surface area contributed by atoms with Crippen LogP contribution in [0.15, 0.2) is 36.4 Å². The average Bonchev–Trinajstić information content (AvgIpc) is 3.31. The van der Waals surface area contributed by atoms with Gasteiger partial charge in [0, 0.05) is 93.5 Å². The molecule has 0 spiro atoms. The van der Waals surface area contributed by atoms with Crippen LogP contribution in [0.3, 0.4) is 0 Å². The summed E-state index contributed by atoms with van der Waals surface area (Å²) >= 11 is 0. The number of hydrogen-bond acceptors (Lipinski definition) is 6. The van der Waals surface area contributed by atoms with E-state index in [4.69, 9.17) is 4.74 Å². The van der Waals surface area contributed by atoms with Crippen LogP contribution in [0, 0.1) is 17.3 Å². The van der Waals surface area contributed by atoms with Crippen molar-refractivity contribution < 1.29 is 27.5 Å². The fourth-order valence-electron chi connectivity index (χ4n) is 9.42. The Morgan fingerprint density at radius 3 is 2.29 bits per heavy atom. The van der Waals surface area contributed by atoms with Crippen LogP contribution in [0.2, 0.25) is 0 Å². The smallest absolute Gasteiger partial charge is 0.303 e. The van der Waals surface area contributed by atoms with E-state index in [0.29, 0.717) is 50.5 Å². The summed E-state index contributed by atoms with van der Waals surface area (Å²) in [5.41, 5.74) is 5.04. The highest BCUT2D eigenvalue weighted by molar-refractivity contribution is 7.87.